The van der Waals surface area contributed by atoms with Crippen LogP contribution in [0.15, 0.2) is 41.6 Å². The zero-order valence-corrected chi connectivity index (χ0v) is 15.3. The predicted molar refractivity (Wildman–Crippen MR) is 96.0 cm³/mol. The van der Waals surface area contributed by atoms with Crippen LogP contribution in [0.2, 0.25) is 5.02 Å². The first-order chi connectivity index (χ1) is 11.5. The van der Waals surface area contributed by atoms with Crippen molar-refractivity contribution >= 4 is 29.3 Å². The Morgan fingerprint density at radius 1 is 1.29 bits per heavy atom. The largest absolute Gasteiger partial charge is 0.493 e. The van der Waals surface area contributed by atoms with E-state index in [1.807, 2.05) is 25.1 Å². The van der Waals surface area contributed by atoms with Crippen molar-refractivity contribution in [1.29, 1.82) is 0 Å². The van der Waals surface area contributed by atoms with Crippen LogP contribution in [0.1, 0.15) is 12.5 Å². The number of thioether (sulfide) groups is 1. The molecule has 2 rings (SSSR count). The third kappa shape index (κ3) is 4.79. The highest BCUT2D eigenvalue weighted by molar-refractivity contribution is 8.00. The zero-order valence-electron chi connectivity index (χ0n) is 13.7. The number of nitrogens with zero attached hydrogens (tertiary/aromatic N) is 1. The standard InChI is InChI=1S/C17H19ClN2O3S/c1-11(24-17-13(18)5-4-8-19-17)16(21)20-10-12-6-7-14(22-2)15(9-12)23-3/h4-9,11H,10H2,1-3H3,(H,20,21)/t11-/m0/s1. The number of hydrogen-bond acceptors (Lipinski definition) is 5. The third-order valence-electron chi connectivity index (χ3n) is 3.30. The molecule has 1 aromatic carbocycles. The monoisotopic (exact) mass is 366 g/mol. The van der Waals surface area contributed by atoms with Crippen molar-refractivity contribution in [2.24, 2.45) is 0 Å². The Bertz CT molecular complexity index is 712. The van der Waals surface area contributed by atoms with Gasteiger partial charge in [0.1, 0.15) is 5.03 Å². The van der Waals surface area contributed by atoms with E-state index in [0.29, 0.717) is 28.1 Å². The second-order valence-electron chi connectivity index (χ2n) is 4.96. The molecule has 0 saturated heterocycles. The van der Waals surface area contributed by atoms with Crippen LogP contribution >= 0.6 is 23.4 Å². The molecular formula is C17H19ClN2O3S. The molecule has 0 aliphatic heterocycles. The van der Waals surface area contributed by atoms with Gasteiger partial charge in [-0.25, -0.2) is 4.98 Å². The molecule has 0 bridgehead atoms. The van der Waals surface area contributed by atoms with Crippen molar-refractivity contribution in [3.05, 3.63) is 47.1 Å². The lowest BCUT2D eigenvalue weighted by Crippen LogP contribution is -2.30. The molecule has 24 heavy (non-hydrogen) atoms. The number of nitrogens with one attached hydrogen (secondary N) is 1. The van der Waals surface area contributed by atoms with Crippen LogP contribution < -0.4 is 14.8 Å². The van der Waals surface area contributed by atoms with E-state index < -0.39 is 0 Å². The lowest BCUT2D eigenvalue weighted by molar-refractivity contribution is -0.120. The summed E-state index contributed by atoms with van der Waals surface area (Å²) in [6.45, 7) is 2.22. The molecule has 0 aliphatic rings. The Morgan fingerprint density at radius 3 is 2.71 bits per heavy atom. The van der Waals surface area contributed by atoms with Crippen LogP contribution in [0.25, 0.3) is 0 Å². The normalized spacial score (nSPS) is 11.7. The van der Waals surface area contributed by atoms with Crippen molar-refractivity contribution in [3.63, 3.8) is 0 Å². The summed E-state index contributed by atoms with van der Waals surface area (Å²) in [5, 5.41) is 3.78. The Hall–Kier alpha value is -1.92. The Balaban J connectivity index is 1.94. The average molecular weight is 367 g/mol. The predicted octanol–water partition coefficient (Wildman–Crippen LogP) is 3.55. The maximum absolute atomic E-state index is 12.3. The average Bonchev–Trinajstić information content (AvgIpc) is 2.61. The highest BCUT2D eigenvalue weighted by Gasteiger charge is 2.16. The smallest absolute Gasteiger partial charge is 0.233 e. The lowest BCUT2D eigenvalue weighted by Gasteiger charge is -2.13. The van der Waals surface area contributed by atoms with Crippen LogP contribution in [0.3, 0.4) is 0 Å². The fraction of sp³-hybridized carbons (Fsp3) is 0.294. The van der Waals surface area contributed by atoms with E-state index >= 15 is 0 Å². The summed E-state index contributed by atoms with van der Waals surface area (Å²) in [5.41, 5.74) is 0.925. The maximum atomic E-state index is 12.3. The second kappa shape index (κ2) is 8.80. The van der Waals surface area contributed by atoms with E-state index in [2.05, 4.69) is 10.3 Å². The summed E-state index contributed by atoms with van der Waals surface area (Å²) >= 11 is 7.39. The van der Waals surface area contributed by atoms with Crippen molar-refractivity contribution < 1.29 is 14.3 Å². The van der Waals surface area contributed by atoms with Gasteiger partial charge >= 0.3 is 0 Å². The SMILES string of the molecule is COc1ccc(CNC(=O)[C@H](C)Sc2ncccc2Cl)cc1OC. The zero-order chi connectivity index (χ0) is 17.5. The van der Waals surface area contributed by atoms with E-state index in [4.69, 9.17) is 21.1 Å². The van der Waals surface area contributed by atoms with E-state index in [1.165, 1.54) is 11.8 Å². The van der Waals surface area contributed by atoms with Gasteiger partial charge in [-0.1, -0.05) is 29.4 Å². The van der Waals surface area contributed by atoms with Gasteiger partial charge in [-0.15, -0.1) is 0 Å². The topological polar surface area (TPSA) is 60.5 Å². The first-order valence-corrected chi connectivity index (χ1v) is 8.56. The number of rotatable bonds is 7. The molecule has 0 unspecified atom stereocenters. The molecule has 0 aliphatic carbocycles. The number of pyridine rings is 1. The first kappa shape index (κ1) is 18.4. The molecular weight excluding hydrogens is 348 g/mol. The summed E-state index contributed by atoms with van der Waals surface area (Å²) in [4.78, 5) is 16.4. The van der Waals surface area contributed by atoms with Crippen molar-refractivity contribution in [2.75, 3.05) is 14.2 Å². The molecule has 1 amide bonds. The van der Waals surface area contributed by atoms with Gasteiger partial charge in [-0.2, -0.15) is 0 Å². The van der Waals surface area contributed by atoms with Gasteiger partial charge < -0.3 is 14.8 Å². The molecule has 1 N–H and O–H groups in total. The Kier molecular flexibility index (Phi) is 6.75. The highest BCUT2D eigenvalue weighted by atomic mass is 35.5. The number of aromatic nitrogens is 1. The van der Waals surface area contributed by atoms with Gasteiger partial charge in [0.25, 0.3) is 0 Å². The Labute approximate surface area is 150 Å². The minimum absolute atomic E-state index is 0.0866. The number of benzene rings is 1. The van der Waals surface area contributed by atoms with Gasteiger partial charge in [0.15, 0.2) is 11.5 Å². The number of ether oxygens (including phenoxy) is 2. The fourth-order valence-electron chi connectivity index (χ4n) is 2.00. The second-order valence-corrected chi connectivity index (χ2v) is 6.69. The molecule has 1 heterocycles. The maximum Gasteiger partial charge on any atom is 0.233 e. The highest BCUT2D eigenvalue weighted by Crippen LogP contribution is 2.29. The minimum atomic E-state index is -0.308. The Morgan fingerprint density at radius 2 is 2.04 bits per heavy atom. The first-order valence-electron chi connectivity index (χ1n) is 7.31. The molecule has 7 heteroatoms. The molecule has 0 fully saturated rings. The van der Waals surface area contributed by atoms with Gasteiger partial charge in [0, 0.05) is 12.7 Å². The molecule has 0 spiro atoms. The summed E-state index contributed by atoms with van der Waals surface area (Å²) < 4.78 is 10.5. The van der Waals surface area contributed by atoms with Gasteiger partial charge in [0.05, 0.1) is 24.5 Å². The van der Waals surface area contributed by atoms with E-state index in [0.717, 1.165) is 5.56 Å². The number of amides is 1. The molecule has 1 aromatic heterocycles. The number of hydrogen-bond donors (Lipinski definition) is 1. The van der Waals surface area contributed by atoms with Crippen LogP contribution in [-0.2, 0) is 11.3 Å². The fourth-order valence-corrected chi connectivity index (χ4v) is 3.09. The van der Waals surface area contributed by atoms with Gasteiger partial charge in [-0.3, -0.25) is 4.79 Å². The van der Waals surface area contributed by atoms with E-state index in [9.17, 15) is 4.79 Å². The van der Waals surface area contributed by atoms with Crippen LogP contribution in [0, 0.1) is 0 Å². The van der Waals surface area contributed by atoms with Crippen LogP contribution in [-0.4, -0.2) is 30.4 Å². The number of halogens is 1. The van der Waals surface area contributed by atoms with E-state index in [1.54, 1.807) is 32.5 Å². The summed E-state index contributed by atoms with van der Waals surface area (Å²) in [7, 11) is 3.16. The number of carbonyl (C=O) groups is 1. The third-order valence-corrected chi connectivity index (χ3v) is 4.83. The molecule has 5 nitrogen and oxygen atoms in total. The summed E-state index contributed by atoms with van der Waals surface area (Å²) in [6.07, 6.45) is 1.66. The van der Waals surface area contributed by atoms with Gasteiger partial charge in [-0.05, 0) is 36.8 Å². The van der Waals surface area contributed by atoms with Crippen molar-refractivity contribution in [1.82, 2.24) is 10.3 Å². The van der Waals surface area contributed by atoms with E-state index in [-0.39, 0.29) is 11.2 Å². The van der Waals surface area contributed by atoms with Gasteiger partial charge in [0.2, 0.25) is 5.91 Å². The summed E-state index contributed by atoms with van der Waals surface area (Å²) in [5.74, 6) is 1.20. The quantitative estimate of drug-likeness (QED) is 0.759. The molecule has 2 aromatic rings. The van der Waals surface area contributed by atoms with Crippen LogP contribution in [0.4, 0.5) is 0 Å². The number of methoxy groups -OCH3 is 2. The molecule has 1 atom stereocenters. The number of carbonyl (C=O) groups excluding carboxylic acids is 1. The molecule has 128 valence electrons. The van der Waals surface area contributed by atoms with Crippen molar-refractivity contribution in [2.45, 2.75) is 23.7 Å². The van der Waals surface area contributed by atoms with Crippen LogP contribution in [0.5, 0.6) is 11.5 Å². The minimum Gasteiger partial charge on any atom is -0.493 e. The molecule has 0 radical (unpaired) electrons. The lowest BCUT2D eigenvalue weighted by atomic mass is 10.2. The molecule has 0 saturated carbocycles. The summed E-state index contributed by atoms with van der Waals surface area (Å²) in [6, 6.07) is 9.05. The van der Waals surface area contributed by atoms with Crippen molar-refractivity contribution in [3.8, 4) is 11.5 Å².